The molecule has 0 bridgehead atoms. The second-order valence-corrected chi connectivity index (χ2v) is 4.58. The van der Waals surface area contributed by atoms with E-state index in [-0.39, 0.29) is 11.3 Å². The molecule has 0 saturated heterocycles. The molecule has 0 aliphatic carbocycles. The van der Waals surface area contributed by atoms with Gasteiger partial charge in [-0.2, -0.15) is 13.9 Å². The van der Waals surface area contributed by atoms with Crippen molar-refractivity contribution in [2.24, 2.45) is 0 Å². The summed E-state index contributed by atoms with van der Waals surface area (Å²) in [5.74, 6) is -1.60. The van der Waals surface area contributed by atoms with Gasteiger partial charge in [0.15, 0.2) is 0 Å². The van der Waals surface area contributed by atoms with Crippen LogP contribution in [0.3, 0.4) is 0 Å². The molecule has 122 valence electrons. The average Bonchev–Trinajstić information content (AvgIpc) is 2.97. The quantitative estimate of drug-likeness (QED) is 0.850. The fourth-order valence-electron chi connectivity index (χ4n) is 1.70. The number of benzene rings is 1. The summed E-state index contributed by atoms with van der Waals surface area (Å²) in [5.41, 5.74) is 0.543. The predicted octanol–water partition coefficient (Wildman–Crippen LogP) is 2.38. The van der Waals surface area contributed by atoms with Gasteiger partial charge >= 0.3 is 12.6 Å². The SMILES string of the molecule is CC(C(=O)O)n1cc(C(=O)Nc2ccc(OC(F)F)cc2)cn1. The van der Waals surface area contributed by atoms with Gasteiger partial charge in [0.1, 0.15) is 11.8 Å². The molecule has 0 saturated carbocycles. The van der Waals surface area contributed by atoms with Crippen molar-refractivity contribution < 1.29 is 28.2 Å². The van der Waals surface area contributed by atoms with Gasteiger partial charge in [0.2, 0.25) is 0 Å². The van der Waals surface area contributed by atoms with Crippen molar-refractivity contribution in [2.45, 2.75) is 19.6 Å². The Labute approximate surface area is 129 Å². The van der Waals surface area contributed by atoms with Gasteiger partial charge in [-0.25, -0.2) is 4.79 Å². The summed E-state index contributed by atoms with van der Waals surface area (Å²) in [6, 6.07) is 4.48. The zero-order valence-corrected chi connectivity index (χ0v) is 11.9. The van der Waals surface area contributed by atoms with Crippen LogP contribution < -0.4 is 10.1 Å². The Morgan fingerprint density at radius 3 is 2.52 bits per heavy atom. The van der Waals surface area contributed by atoms with Crippen molar-refractivity contribution in [3.05, 3.63) is 42.2 Å². The van der Waals surface area contributed by atoms with Gasteiger partial charge in [0.25, 0.3) is 5.91 Å². The summed E-state index contributed by atoms with van der Waals surface area (Å²) < 4.78 is 29.4. The molecular formula is C14H13F2N3O4. The number of ether oxygens (including phenoxy) is 1. The first-order chi connectivity index (χ1) is 10.9. The Bertz CT molecular complexity index is 700. The molecule has 0 aliphatic rings. The number of rotatable bonds is 6. The van der Waals surface area contributed by atoms with Gasteiger partial charge in [0, 0.05) is 11.9 Å². The molecule has 1 aromatic carbocycles. The maximum Gasteiger partial charge on any atom is 0.387 e. The second kappa shape index (κ2) is 6.86. The smallest absolute Gasteiger partial charge is 0.387 e. The maximum atomic E-state index is 12.0. The number of hydrogen-bond donors (Lipinski definition) is 2. The number of nitrogens with one attached hydrogen (secondary N) is 1. The number of carbonyl (C=O) groups is 2. The number of amides is 1. The monoisotopic (exact) mass is 325 g/mol. The van der Waals surface area contributed by atoms with Crippen molar-refractivity contribution in [1.29, 1.82) is 0 Å². The highest BCUT2D eigenvalue weighted by Crippen LogP contribution is 2.18. The second-order valence-electron chi connectivity index (χ2n) is 4.58. The topological polar surface area (TPSA) is 93.5 Å². The van der Waals surface area contributed by atoms with Crippen LogP contribution in [-0.2, 0) is 4.79 Å². The third-order valence-electron chi connectivity index (χ3n) is 2.96. The average molecular weight is 325 g/mol. The van der Waals surface area contributed by atoms with E-state index in [9.17, 15) is 18.4 Å². The number of carboxylic acid groups (broad SMARTS) is 1. The van der Waals surface area contributed by atoms with Crippen LogP contribution in [-0.4, -0.2) is 33.4 Å². The summed E-state index contributed by atoms with van der Waals surface area (Å²) in [7, 11) is 0. The van der Waals surface area contributed by atoms with Crippen molar-refractivity contribution in [3.63, 3.8) is 0 Å². The first-order valence-corrected chi connectivity index (χ1v) is 6.50. The van der Waals surface area contributed by atoms with Crippen molar-refractivity contribution in [1.82, 2.24) is 9.78 Å². The summed E-state index contributed by atoms with van der Waals surface area (Å²) in [6.07, 6.45) is 2.55. The number of aliphatic carboxylic acids is 1. The minimum atomic E-state index is -2.92. The van der Waals surface area contributed by atoms with Crippen LogP contribution in [0, 0.1) is 0 Å². The molecule has 1 aromatic heterocycles. The molecule has 0 radical (unpaired) electrons. The molecule has 23 heavy (non-hydrogen) atoms. The number of hydrogen-bond acceptors (Lipinski definition) is 4. The summed E-state index contributed by atoms with van der Waals surface area (Å²) in [4.78, 5) is 22.9. The molecule has 7 nitrogen and oxygen atoms in total. The van der Waals surface area contributed by atoms with Gasteiger partial charge in [-0.3, -0.25) is 9.48 Å². The van der Waals surface area contributed by atoms with Gasteiger partial charge in [-0.1, -0.05) is 0 Å². The molecule has 1 heterocycles. The summed E-state index contributed by atoms with van der Waals surface area (Å²) in [5, 5.41) is 15.2. The first-order valence-electron chi connectivity index (χ1n) is 6.50. The van der Waals surface area contributed by atoms with Crippen molar-refractivity contribution >= 4 is 17.6 Å². The zero-order valence-electron chi connectivity index (χ0n) is 11.9. The van der Waals surface area contributed by atoms with Crippen LogP contribution >= 0.6 is 0 Å². The minimum absolute atomic E-state index is 0.0268. The highest BCUT2D eigenvalue weighted by molar-refractivity contribution is 6.04. The zero-order chi connectivity index (χ0) is 17.0. The minimum Gasteiger partial charge on any atom is -0.480 e. The van der Waals surface area contributed by atoms with E-state index in [0.29, 0.717) is 5.69 Å². The number of aromatic nitrogens is 2. The van der Waals surface area contributed by atoms with E-state index in [1.165, 1.54) is 43.6 Å². The lowest BCUT2D eigenvalue weighted by Gasteiger charge is -2.07. The van der Waals surface area contributed by atoms with E-state index in [4.69, 9.17) is 5.11 Å². The Hall–Kier alpha value is -2.97. The van der Waals surface area contributed by atoms with Crippen LogP contribution in [0.25, 0.3) is 0 Å². The number of carboxylic acids is 1. The Morgan fingerprint density at radius 1 is 1.30 bits per heavy atom. The van der Waals surface area contributed by atoms with E-state index in [0.717, 1.165) is 4.68 Å². The molecule has 2 aromatic rings. The molecule has 0 spiro atoms. The lowest BCUT2D eigenvalue weighted by molar-refractivity contribution is -0.140. The number of alkyl halides is 2. The fraction of sp³-hybridized carbons (Fsp3) is 0.214. The molecular weight excluding hydrogens is 312 g/mol. The lowest BCUT2D eigenvalue weighted by atomic mass is 10.2. The van der Waals surface area contributed by atoms with E-state index < -0.39 is 24.5 Å². The third kappa shape index (κ3) is 4.25. The standard InChI is InChI=1S/C14H13F2N3O4/c1-8(13(21)22)19-7-9(6-17-19)12(20)18-10-2-4-11(5-3-10)23-14(15)16/h2-8,14H,1H3,(H,18,20)(H,21,22). The summed E-state index contributed by atoms with van der Waals surface area (Å²) in [6.45, 7) is -1.49. The number of carbonyl (C=O) groups excluding carboxylic acids is 1. The normalized spacial score (nSPS) is 12.0. The van der Waals surface area contributed by atoms with E-state index in [1.54, 1.807) is 0 Å². The highest BCUT2D eigenvalue weighted by Gasteiger charge is 2.16. The van der Waals surface area contributed by atoms with Gasteiger partial charge < -0.3 is 15.2 Å². The van der Waals surface area contributed by atoms with E-state index in [2.05, 4.69) is 15.2 Å². The molecule has 1 unspecified atom stereocenters. The van der Waals surface area contributed by atoms with Gasteiger partial charge in [0.05, 0.1) is 11.8 Å². The van der Waals surface area contributed by atoms with E-state index in [1.807, 2.05) is 0 Å². The maximum absolute atomic E-state index is 12.0. The predicted molar refractivity (Wildman–Crippen MR) is 75.6 cm³/mol. The first kappa shape index (κ1) is 16.4. The van der Waals surface area contributed by atoms with Crippen LogP contribution in [0.15, 0.2) is 36.7 Å². The van der Waals surface area contributed by atoms with Crippen molar-refractivity contribution in [2.75, 3.05) is 5.32 Å². The molecule has 0 fully saturated rings. The Kier molecular flexibility index (Phi) is 4.89. The summed E-state index contributed by atoms with van der Waals surface area (Å²) >= 11 is 0. The lowest BCUT2D eigenvalue weighted by Crippen LogP contribution is -2.16. The molecule has 2 N–H and O–H groups in total. The number of halogens is 2. The van der Waals surface area contributed by atoms with Crippen LogP contribution in [0.1, 0.15) is 23.3 Å². The molecule has 9 heteroatoms. The Balaban J connectivity index is 2.03. The number of anilines is 1. The van der Waals surface area contributed by atoms with Crippen LogP contribution in [0.4, 0.5) is 14.5 Å². The van der Waals surface area contributed by atoms with Gasteiger partial charge in [-0.05, 0) is 31.2 Å². The Morgan fingerprint density at radius 2 is 1.96 bits per heavy atom. The van der Waals surface area contributed by atoms with E-state index >= 15 is 0 Å². The molecule has 0 aliphatic heterocycles. The highest BCUT2D eigenvalue weighted by atomic mass is 19.3. The number of nitrogens with zero attached hydrogens (tertiary/aromatic N) is 2. The van der Waals surface area contributed by atoms with Crippen LogP contribution in [0.2, 0.25) is 0 Å². The van der Waals surface area contributed by atoms with Crippen LogP contribution in [0.5, 0.6) is 5.75 Å². The van der Waals surface area contributed by atoms with Gasteiger partial charge in [-0.15, -0.1) is 0 Å². The largest absolute Gasteiger partial charge is 0.480 e. The third-order valence-corrected chi connectivity index (χ3v) is 2.96. The fourth-order valence-corrected chi connectivity index (χ4v) is 1.70. The molecule has 1 atom stereocenters. The molecule has 2 rings (SSSR count). The van der Waals surface area contributed by atoms with Crippen molar-refractivity contribution in [3.8, 4) is 5.75 Å². The molecule has 1 amide bonds.